The maximum Gasteiger partial charge on any atom is 0.251 e. The molecule has 1 amide bonds. The van der Waals surface area contributed by atoms with E-state index in [0.29, 0.717) is 5.56 Å². The largest absolute Gasteiger partial charge is 0.457 e. The highest BCUT2D eigenvalue weighted by Gasteiger charge is 2.10. The molecule has 1 aliphatic rings. The Morgan fingerprint density at radius 3 is 2.22 bits per heavy atom. The van der Waals surface area contributed by atoms with Crippen LogP contribution < -0.4 is 10.1 Å². The first-order valence-corrected chi connectivity index (χ1v) is 10.1. The van der Waals surface area contributed by atoms with E-state index in [2.05, 4.69) is 29.3 Å². The van der Waals surface area contributed by atoms with Crippen LogP contribution in [0.3, 0.4) is 0 Å². The van der Waals surface area contributed by atoms with Gasteiger partial charge in [-0.25, -0.2) is 0 Å². The number of amides is 1. The van der Waals surface area contributed by atoms with Crippen molar-refractivity contribution in [1.82, 2.24) is 10.2 Å². The van der Waals surface area contributed by atoms with Gasteiger partial charge in [0.15, 0.2) is 0 Å². The van der Waals surface area contributed by atoms with Gasteiger partial charge in [0.05, 0.1) is 0 Å². The predicted molar refractivity (Wildman–Crippen MR) is 110 cm³/mol. The zero-order valence-electron chi connectivity index (χ0n) is 16.2. The van der Waals surface area contributed by atoms with Crippen LogP contribution in [-0.4, -0.2) is 37.0 Å². The van der Waals surface area contributed by atoms with Gasteiger partial charge in [0.1, 0.15) is 11.5 Å². The Morgan fingerprint density at radius 1 is 0.963 bits per heavy atom. The van der Waals surface area contributed by atoms with Crippen LogP contribution in [-0.2, 0) is 6.42 Å². The Balaban J connectivity index is 1.42. The normalized spacial score (nSPS) is 14.7. The molecule has 4 heteroatoms. The van der Waals surface area contributed by atoms with Crippen LogP contribution in [0.15, 0.2) is 48.5 Å². The van der Waals surface area contributed by atoms with E-state index in [1.807, 2.05) is 36.4 Å². The van der Waals surface area contributed by atoms with Gasteiger partial charge in [-0.05, 0) is 87.3 Å². The molecule has 0 radical (unpaired) electrons. The van der Waals surface area contributed by atoms with Gasteiger partial charge < -0.3 is 15.0 Å². The molecule has 2 aromatic carbocycles. The second-order valence-corrected chi connectivity index (χ2v) is 7.14. The molecule has 4 nitrogen and oxygen atoms in total. The minimum absolute atomic E-state index is 0.0208. The molecular formula is C23H30N2O2. The SMILES string of the molecule is CCc1ccc(Oc2ccc(C(=O)NCCCN3CCCCC3)cc2)cc1. The van der Waals surface area contributed by atoms with Crippen molar-refractivity contribution in [2.24, 2.45) is 0 Å². The summed E-state index contributed by atoms with van der Waals surface area (Å²) in [5, 5.41) is 3.01. The number of aryl methyl sites for hydroxylation is 1. The minimum atomic E-state index is -0.0208. The molecule has 0 saturated carbocycles. The molecule has 3 rings (SSSR count). The van der Waals surface area contributed by atoms with Crippen molar-refractivity contribution in [2.75, 3.05) is 26.2 Å². The molecule has 0 bridgehead atoms. The van der Waals surface area contributed by atoms with Gasteiger partial charge in [-0.15, -0.1) is 0 Å². The van der Waals surface area contributed by atoms with Gasteiger partial charge in [-0.1, -0.05) is 25.5 Å². The van der Waals surface area contributed by atoms with Gasteiger partial charge in [0.25, 0.3) is 5.91 Å². The number of piperidine rings is 1. The number of nitrogens with zero attached hydrogens (tertiary/aromatic N) is 1. The molecule has 0 aliphatic carbocycles. The highest BCUT2D eigenvalue weighted by molar-refractivity contribution is 5.94. The lowest BCUT2D eigenvalue weighted by atomic mass is 10.1. The molecule has 27 heavy (non-hydrogen) atoms. The van der Waals surface area contributed by atoms with E-state index in [0.717, 1.165) is 37.4 Å². The third kappa shape index (κ3) is 6.10. The van der Waals surface area contributed by atoms with E-state index >= 15 is 0 Å². The average Bonchev–Trinajstić information content (AvgIpc) is 2.73. The molecule has 0 unspecified atom stereocenters. The molecule has 1 aliphatic heterocycles. The number of carbonyl (C=O) groups is 1. The minimum Gasteiger partial charge on any atom is -0.457 e. The van der Waals surface area contributed by atoms with E-state index in [-0.39, 0.29) is 5.91 Å². The lowest BCUT2D eigenvalue weighted by Crippen LogP contribution is -2.33. The second-order valence-electron chi connectivity index (χ2n) is 7.14. The number of hydrogen-bond donors (Lipinski definition) is 1. The van der Waals surface area contributed by atoms with Crippen molar-refractivity contribution in [3.8, 4) is 11.5 Å². The van der Waals surface area contributed by atoms with E-state index in [1.54, 1.807) is 0 Å². The first kappa shape index (κ1) is 19.4. The van der Waals surface area contributed by atoms with Gasteiger partial charge in [0.2, 0.25) is 0 Å². The van der Waals surface area contributed by atoms with Crippen molar-refractivity contribution in [1.29, 1.82) is 0 Å². The van der Waals surface area contributed by atoms with Gasteiger partial charge in [0, 0.05) is 12.1 Å². The van der Waals surface area contributed by atoms with Crippen molar-refractivity contribution in [3.63, 3.8) is 0 Å². The van der Waals surface area contributed by atoms with Gasteiger partial charge in [-0.3, -0.25) is 4.79 Å². The summed E-state index contributed by atoms with van der Waals surface area (Å²) in [6.45, 7) is 6.34. The molecule has 1 fully saturated rings. The number of benzene rings is 2. The Kier molecular flexibility index (Phi) is 7.28. The van der Waals surface area contributed by atoms with Crippen LogP contribution in [0.5, 0.6) is 11.5 Å². The third-order valence-electron chi connectivity index (χ3n) is 5.07. The molecule has 1 heterocycles. The van der Waals surface area contributed by atoms with Crippen LogP contribution in [0.4, 0.5) is 0 Å². The first-order chi connectivity index (χ1) is 13.2. The van der Waals surface area contributed by atoms with Crippen LogP contribution in [0.1, 0.15) is 48.5 Å². The second kappa shape index (κ2) is 10.1. The van der Waals surface area contributed by atoms with Crippen LogP contribution in [0.25, 0.3) is 0 Å². The molecule has 2 aromatic rings. The number of rotatable bonds is 8. The molecule has 0 aromatic heterocycles. The fraction of sp³-hybridized carbons (Fsp3) is 0.435. The summed E-state index contributed by atoms with van der Waals surface area (Å²) >= 11 is 0. The number of likely N-dealkylation sites (tertiary alicyclic amines) is 1. The summed E-state index contributed by atoms with van der Waals surface area (Å²) in [4.78, 5) is 14.8. The van der Waals surface area contributed by atoms with Crippen LogP contribution in [0, 0.1) is 0 Å². The number of carbonyl (C=O) groups excluding carboxylic acids is 1. The standard InChI is InChI=1S/C23H30N2O2/c1-2-19-7-11-21(12-8-19)27-22-13-9-20(10-14-22)23(26)24-15-6-18-25-16-4-3-5-17-25/h7-14H,2-6,15-18H2,1H3,(H,24,26). The monoisotopic (exact) mass is 366 g/mol. The van der Waals surface area contributed by atoms with Gasteiger partial charge in [-0.2, -0.15) is 0 Å². The Hall–Kier alpha value is -2.33. The number of ether oxygens (including phenoxy) is 1. The van der Waals surface area contributed by atoms with Crippen molar-refractivity contribution >= 4 is 5.91 Å². The summed E-state index contributed by atoms with van der Waals surface area (Å²) in [7, 11) is 0. The quantitative estimate of drug-likeness (QED) is 0.692. The lowest BCUT2D eigenvalue weighted by Gasteiger charge is -2.26. The first-order valence-electron chi connectivity index (χ1n) is 10.1. The third-order valence-corrected chi connectivity index (χ3v) is 5.07. The van der Waals surface area contributed by atoms with E-state index in [9.17, 15) is 4.79 Å². The van der Waals surface area contributed by atoms with Gasteiger partial charge >= 0.3 is 0 Å². The maximum absolute atomic E-state index is 12.3. The molecule has 0 spiro atoms. The fourth-order valence-electron chi connectivity index (χ4n) is 3.39. The summed E-state index contributed by atoms with van der Waals surface area (Å²) in [5.74, 6) is 1.52. The fourth-order valence-corrected chi connectivity index (χ4v) is 3.39. The highest BCUT2D eigenvalue weighted by atomic mass is 16.5. The summed E-state index contributed by atoms with van der Waals surface area (Å²) < 4.78 is 5.84. The summed E-state index contributed by atoms with van der Waals surface area (Å²) in [5.41, 5.74) is 1.95. The van der Waals surface area contributed by atoms with Crippen molar-refractivity contribution in [3.05, 3.63) is 59.7 Å². The van der Waals surface area contributed by atoms with Crippen molar-refractivity contribution < 1.29 is 9.53 Å². The Morgan fingerprint density at radius 2 is 1.59 bits per heavy atom. The molecule has 144 valence electrons. The number of hydrogen-bond acceptors (Lipinski definition) is 3. The van der Waals surface area contributed by atoms with Crippen LogP contribution >= 0.6 is 0 Å². The predicted octanol–water partition coefficient (Wildman–Crippen LogP) is 4.65. The number of nitrogens with one attached hydrogen (secondary N) is 1. The zero-order valence-corrected chi connectivity index (χ0v) is 16.2. The highest BCUT2D eigenvalue weighted by Crippen LogP contribution is 2.22. The van der Waals surface area contributed by atoms with Crippen molar-refractivity contribution in [2.45, 2.75) is 39.0 Å². The summed E-state index contributed by atoms with van der Waals surface area (Å²) in [6.07, 6.45) is 5.99. The van der Waals surface area contributed by atoms with E-state index in [4.69, 9.17) is 4.74 Å². The molecule has 1 N–H and O–H groups in total. The zero-order chi connectivity index (χ0) is 18.9. The Labute approximate surface area is 162 Å². The summed E-state index contributed by atoms with van der Waals surface area (Å²) in [6, 6.07) is 15.4. The van der Waals surface area contributed by atoms with Crippen LogP contribution in [0.2, 0.25) is 0 Å². The Bertz CT molecular complexity index is 704. The average molecular weight is 367 g/mol. The molecule has 0 atom stereocenters. The lowest BCUT2D eigenvalue weighted by molar-refractivity contribution is 0.0951. The smallest absolute Gasteiger partial charge is 0.251 e. The van der Waals surface area contributed by atoms with E-state index < -0.39 is 0 Å². The topological polar surface area (TPSA) is 41.6 Å². The maximum atomic E-state index is 12.3. The molecule has 1 saturated heterocycles. The molecular weight excluding hydrogens is 336 g/mol. The van der Waals surface area contributed by atoms with E-state index in [1.165, 1.54) is 37.9 Å².